The second kappa shape index (κ2) is 5.89. The molecule has 1 aliphatic rings. The number of carboxylic acids is 1. The molecule has 0 amide bonds. The maximum Gasteiger partial charge on any atom is 0.339 e. The Labute approximate surface area is 139 Å². The second-order valence-corrected chi connectivity index (χ2v) is 6.12. The van der Waals surface area contributed by atoms with E-state index in [4.69, 9.17) is 0 Å². The van der Waals surface area contributed by atoms with Gasteiger partial charge in [0.15, 0.2) is 0 Å². The van der Waals surface area contributed by atoms with Gasteiger partial charge in [-0.15, -0.1) is 0 Å². The van der Waals surface area contributed by atoms with Gasteiger partial charge < -0.3 is 15.4 Å². The number of hydrogen-bond donors (Lipinski definition) is 3. The highest BCUT2D eigenvalue weighted by Gasteiger charge is 2.27. The smallest absolute Gasteiger partial charge is 0.339 e. The Bertz CT molecular complexity index is 925. The van der Waals surface area contributed by atoms with Crippen LogP contribution in [0.25, 0.3) is 16.5 Å². The van der Waals surface area contributed by atoms with Gasteiger partial charge >= 0.3 is 5.97 Å². The van der Waals surface area contributed by atoms with Crippen molar-refractivity contribution in [1.29, 1.82) is 0 Å². The molecule has 0 spiro atoms. The molecule has 0 saturated carbocycles. The molecule has 3 aromatic rings. The molecule has 1 unspecified atom stereocenters. The first-order valence-corrected chi connectivity index (χ1v) is 8.06. The Kier molecular flexibility index (Phi) is 3.58. The third kappa shape index (κ3) is 2.46. The fourth-order valence-electron chi connectivity index (χ4n) is 3.52. The number of nitrogens with one attached hydrogen (secondary N) is 2. The molecule has 0 radical (unpaired) electrons. The van der Waals surface area contributed by atoms with Crippen LogP contribution in [0.1, 0.15) is 22.7 Å². The van der Waals surface area contributed by atoms with E-state index in [1.807, 2.05) is 36.4 Å². The summed E-state index contributed by atoms with van der Waals surface area (Å²) in [6.45, 7) is 0.709. The Hall–Kier alpha value is -3.01. The number of aromatic nitrogens is 1. The molecule has 3 N–H and O–H groups in total. The Morgan fingerprint density at radius 1 is 1.08 bits per heavy atom. The first-order chi connectivity index (χ1) is 11.7. The van der Waals surface area contributed by atoms with Gasteiger partial charge in [-0.2, -0.15) is 0 Å². The van der Waals surface area contributed by atoms with E-state index in [2.05, 4.69) is 28.5 Å². The molecule has 4 heteroatoms. The number of carbonyl (C=O) groups is 1. The topological polar surface area (TPSA) is 65.1 Å². The minimum atomic E-state index is -0.921. The van der Waals surface area contributed by atoms with Gasteiger partial charge in [0.2, 0.25) is 0 Å². The molecule has 2 heterocycles. The third-order valence-electron chi connectivity index (χ3n) is 4.59. The highest BCUT2D eigenvalue weighted by Crippen LogP contribution is 2.36. The number of aromatic amines is 1. The third-order valence-corrected chi connectivity index (χ3v) is 4.59. The highest BCUT2D eigenvalue weighted by atomic mass is 16.4. The zero-order valence-corrected chi connectivity index (χ0v) is 13.1. The van der Waals surface area contributed by atoms with Gasteiger partial charge in [-0.25, -0.2) is 4.79 Å². The van der Waals surface area contributed by atoms with E-state index in [0.29, 0.717) is 6.54 Å². The van der Waals surface area contributed by atoms with Crippen LogP contribution in [0.5, 0.6) is 0 Å². The lowest BCUT2D eigenvalue weighted by atomic mass is 9.89. The number of benzene rings is 2. The van der Waals surface area contributed by atoms with Crippen LogP contribution in [0, 0.1) is 0 Å². The maximum atomic E-state index is 11.7. The van der Waals surface area contributed by atoms with Crippen molar-refractivity contribution in [3.63, 3.8) is 0 Å². The number of aliphatic carboxylic acids is 1. The molecule has 2 aromatic carbocycles. The molecule has 0 saturated heterocycles. The largest absolute Gasteiger partial charge is 0.478 e. The summed E-state index contributed by atoms with van der Waals surface area (Å²) in [5.74, 6) is -0.720. The van der Waals surface area contributed by atoms with E-state index < -0.39 is 5.97 Å². The van der Waals surface area contributed by atoms with E-state index in [1.54, 1.807) is 6.20 Å². The van der Waals surface area contributed by atoms with Gasteiger partial charge in [0.25, 0.3) is 0 Å². The number of rotatable bonds is 3. The quantitative estimate of drug-likeness (QED) is 0.692. The number of hydrogen-bond acceptors (Lipinski definition) is 2. The summed E-state index contributed by atoms with van der Waals surface area (Å²) in [5, 5.41) is 13.9. The van der Waals surface area contributed by atoms with Crippen molar-refractivity contribution in [2.75, 3.05) is 6.54 Å². The van der Waals surface area contributed by atoms with Crippen molar-refractivity contribution in [2.45, 2.75) is 12.3 Å². The average molecular weight is 318 g/mol. The number of fused-ring (bicyclic) bond motifs is 3. The first-order valence-electron chi connectivity index (χ1n) is 8.06. The minimum Gasteiger partial charge on any atom is -0.478 e. The van der Waals surface area contributed by atoms with Gasteiger partial charge in [0.1, 0.15) is 0 Å². The number of H-pyrrole nitrogens is 1. The van der Waals surface area contributed by atoms with Gasteiger partial charge in [-0.05, 0) is 23.6 Å². The molecule has 0 fully saturated rings. The summed E-state index contributed by atoms with van der Waals surface area (Å²) < 4.78 is 0. The zero-order chi connectivity index (χ0) is 16.5. The van der Waals surface area contributed by atoms with Crippen molar-refractivity contribution >= 4 is 22.4 Å². The van der Waals surface area contributed by atoms with Crippen LogP contribution in [0.3, 0.4) is 0 Å². The van der Waals surface area contributed by atoms with Crippen molar-refractivity contribution < 1.29 is 9.90 Å². The predicted octanol–water partition coefficient (Wildman–Crippen LogP) is 3.52. The second-order valence-electron chi connectivity index (χ2n) is 6.12. The highest BCUT2D eigenvalue weighted by molar-refractivity contribution is 6.16. The van der Waals surface area contributed by atoms with E-state index in [0.717, 1.165) is 28.6 Å². The van der Waals surface area contributed by atoms with Crippen LogP contribution in [-0.2, 0) is 11.2 Å². The van der Waals surface area contributed by atoms with Crippen LogP contribution in [0.15, 0.2) is 60.8 Å². The summed E-state index contributed by atoms with van der Waals surface area (Å²) in [7, 11) is 0. The van der Waals surface area contributed by atoms with E-state index >= 15 is 0 Å². The fourth-order valence-corrected chi connectivity index (χ4v) is 3.52. The summed E-state index contributed by atoms with van der Waals surface area (Å²) >= 11 is 0. The molecule has 4 rings (SSSR count). The molecule has 1 atom stereocenters. The van der Waals surface area contributed by atoms with Gasteiger partial charge in [0, 0.05) is 29.6 Å². The maximum absolute atomic E-state index is 11.7. The Balaban J connectivity index is 1.87. The molecule has 0 aliphatic carbocycles. The fraction of sp³-hybridized carbons (Fsp3) is 0.150. The molecule has 0 bridgehead atoms. The van der Waals surface area contributed by atoms with Crippen LogP contribution >= 0.6 is 0 Å². The Morgan fingerprint density at radius 2 is 1.83 bits per heavy atom. The summed E-state index contributed by atoms with van der Waals surface area (Å²) in [6.07, 6.45) is 2.48. The molecule has 4 nitrogen and oxygen atoms in total. The SMILES string of the molecule is O=C(O)C1=CNCC(Cc2ccccc2)c2c1[nH]c1ccccc21. The zero-order valence-electron chi connectivity index (χ0n) is 13.1. The van der Waals surface area contributed by atoms with Crippen LogP contribution in [-0.4, -0.2) is 22.6 Å². The molecule has 1 aromatic heterocycles. The Morgan fingerprint density at radius 3 is 2.62 bits per heavy atom. The summed E-state index contributed by atoms with van der Waals surface area (Å²) in [4.78, 5) is 15.0. The van der Waals surface area contributed by atoms with Crippen molar-refractivity contribution in [1.82, 2.24) is 10.3 Å². The normalized spacial score (nSPS) is 16.8. The van der Waals surface area contributed by atoms with Crippen molar-refractivity contribution in [3.8, 4) is 0 Å². The van der Waals surface area contributed by atoms with Gasteiger partial charge in [-0.1, -0.05) is 48.5 Å². The van der Waals surface area contributed by atoms with Crippen LogP contribution < -0.4 is 5.32 Å². The molecule has 120 valence electrons. The lowest BCUT2D eigenvalue weighted by Crippen LogP contribution is -2.17. The van der Waals surface area contributed by atoms with E-state index in [-0.39, 0.29) is 11.5 Å². The van der Waals surface area contributed by atoms with Crippen LogP contribution in [0.4, 0.5) is 0 Å². The lowest BCUT2D eigenvalue weighted by molar-refractivity contribution is -0.130. The average Bonchev–Trinajstić information content (AvgIpc) is 2.88. The summed E-state index contributed by atoms with van der Waals surface area (Å²) in [6, 6.07) is 18.3. The number of para-hydroxylation sites is 1. The molecule has 1 aliphatic heterocycles. The minimum absolute atomic E-state index is 0.201. The van der Waals surface area contributed by atoms with E-state index in [9.17, 15) is 9.90 Å². The standard InChI is InChI=1S/C20H18N2O2/c23-20(24)16-12-21-11-14(10-13-6-2-1-3-7-13)18-15-8-4-5-9-17(15)22-19(16)18/h1-9,12,14,21-22H,10-11H2,(H,23,24). The monoisotopic (exact) mass is 318 g/mol. The number of carboxylic acid groups (broad SMARTS) is 1. The van der Waals surface area contributed by atoms with Gasteiger partial charge in [-0.3, -0.25) is 0 Å². The first kappa shape index (κ1) is 14.6. The van der Waals surface area contributed by atoms with Crippen molar-refractivity contribution in [3.05, 3.63) is 77.6 Å². The predicted molar refractivity (Wildman–Crippen MR) is 94.8 cm³/mol. The molecular formula is C20H18N2O2. The van der Waals surface area contributed by atoms with E-state index in [1.165, 1.54) is 5.56 Å². The van der Waals surface area contributed by atoms with Gasteiger partial charge in [0.05, 0.1) is 11.3 Å². The van der Waals surface area contributed by atoms with Crippen molar-refractivity contribution in [2.24, 2.45) is 0 Å². The molecular weight excluding hydrogens is 300 g/mol. The van der Waals surface area contributed by atoms with Crippen LogP contribution in [0.2, 0.25) is 0 Å². The molecule has 24 heavy (non-hydrogen) atoms. The lowest BCUT2D eigenvalue weighted by Gasteiger charge is -2.16. The summed E-state index contributed by atoms with van der Waals surface area (Å²) in [5.41, 5.74) is 4.33.